The molecule has 0 atom stereocenters. The van der Waals surface area contributed by atoms with Crippen LogP contribution in [0, 0.1) is 12.3 Å². The van der Waals surface area contributed by atoms with Gasteiger partial charge in [-0.05, 0) is 49.9 Å². The van der Waals surface area contributed by atoms with Gasteiger partial charge < -0.3 is 25.4 Å². The normalized spacial score (nSPS) is 14.8. The Balaban J connectivity index is 1.71. The quantitative estimate of drug-likeness (QED) is 0.550. The van der Waals surface area contributed by atoms with E-state index in [0.717, 1.165) is 35.1 Å². The second kappa shape index (κ2) is 10.0. The zero-order valence-corrected chi connectivity index (χ0v) is 20.2. The van der Waals surface area contributed by atoms with Gasteiger partial charge in [-0.3, -0.25) is 4.79 Å². The third-order valence-corrected chi connectivity index (χ3v) is 5.85. The second-order valence-corrected chi connectivity index (χ2v) is 8.97. The molecule has 1 fully saturated rings. The smallest absolute Gasteiger partial charge is 0.254 e. The lowest BCUT2D eigenvalue weighted by Crippen LogP contribution is -2.47. The van der Waals surface area contributed by atoms with E-state index in [1.165, 1.54) is 6.21 Å². The van der Waals surface area contributed by atoms with Crippen molar-refractivity contribution >= 4 is 40.2 Å². The maximum Gasteiger partial charge on any atom is 0.254 e. The lowest BCUT2D eigenvalue weighted by molar-refractivity contribution is 0.0664. The molecule has 0 spiro atoms. The molecule has 1 aliphatic rings. The average molecular weight is 458 g/mol. The highest BCUT2D eigenvalue weighted by molar-refractivity contribution is 6.09. The number of carbonyl (C=O) groups excluding carboxylic acids is 1. The third-order valence-electron chi connectivity index (χ3n) is 5.85. The van der Waals surface area contributed by atoms with Gasteiger partial charge in [-0.2, -0.15) is 0 Å². The Morgan fingerprint density at radius 3 is 2.53 bits per heavy atom. The fourth-order valence-corrected chi connectivity index (χ4v) is 4.00. The molecule has 8 heteroatoms. The van der Waals surface area contributed by atoms with Crippen molar-refractivity contribution in [3.8, 4) is 0 Å². The molecule has 0 unspecified atom stereocenters. The van der Waals surface area contributed by atoms with E-state index < -0.39 is 0 Å². The van der Waals surface area contributed by atoms with Gasteiger partial charge in [-0.25, -0.2) is 9.97 Å². The standard InChI is InChI=1S/C26H31N7O/c1-18-5-6-24-21(11-18)16-28-26(30-24)29-23-13-19(22(15-27)17-31(2)3)12-20(14-23)25(34)33-9-7-32(4)8-10-33/h5-6,11-17,27H,7-10H2,1-4H3,(H,28,29,30)/b22-17+,27-15?. The zero-order chi connectivity index (χ0) is 24.2. The number of allylic oxidation sites excluding steroid dienone is 1. The van der Waals surface area contributed by atoms with Crippen molar-refractivity contribution in [3.05, 3.63) is 65.5 Å². The van der Waals surface area contributed by atoms with Crippen molar-refractivity contribution in [1.29, 1.82) is 5.41 Å². The fraction of sp³-hybridized carbons (Fsp3) is 0.308. The van der Waals surface area contributed by atoms with Gasteiger partial charge in [-0.15, -0.1) is 0 Å². The van der Waals surface area contributed by atoms with Crippen LogP contribution in [0.25, 0.3) is 16.5 Å². The molecule has 1 aromatic heterocycles. The van der Waals surface area contributed by atoms with Gasteiger partial charge in [-0.1, -0.05) is 11.6 Å². The monoisotopic (exact) mass is 457 g/mol. The lowest BCUT2D eigenvalue weighted by atomic mass is 10.0. The average Bonchev–Trinajstić information content (AvgIpc) is 2.82. The molecule has 8 nitrogen and oxygen atoms in total. The second-order valence-electron chi connectivity index (χ2n) is 8.97. The summed E-state index contributed by atoms with van der Waals surface area (Å²) in [6.45, 7) is 5.14. The number of rotatable bonds is 6. The van der Waals surface area contributed by atoms with E-state index in [4.69, 9.17) is 5.41 Å². The molecule has 2 aromatic carbocycles. The van der Waals surface area contributed by atoms with Gasteiger partial charge in [0.05, 0.1) is 5.52 Å². The molecule has 4 rings (SSSR count). The van der Waals surface area contributed by atoms with Crippen molar-refractivity contribution in [3.63, 3.8) is 0 Å². The van der Waals surface area contributed by atoms with Crippen molar-refractivity contribution in [2.45, 2.75) is 6.92 Å². The molecule has 0 saturated carbocycles. The van der Waals surface area contributed by atoms with Crippen LogP contribution < -0.4 is 5.32 Å². The minimum atomic E-state index is -0.0120. The van der Waals surface area contributed by atoms with E-state index in [1.807, 2.05) is 67.4 Å². The number of piperazine rings is 1. The van der Waals surface area contributed by atoms with Crippen LogP contribution in [0.1, 0.15) is 21.5 Å². The number of amides is 1. The molecule has 2 heterocycles. The molecule has 2 N–H and O–H groups in total. The summed E-state index contributed by atoms with van der Waals surface area (Å²) in [4.78, 5) is 28.5. The molecule has 0 radical (unpaired) electrons. The summed E-state index contributed by atoms with van der Waals surface area (Å²) in [5.41, 5.74) is 4.77. The number of likely N-dealkylation sites (N-methyl/N-ethyl adjacent to an activating group) is 1. The van der Waals surface area contributed by atoms with Gasteiger partial charge in [0.15, 0.2) is 0 Å². The number of fused-ring (bicyclic) bond motifs is 1. The summed E-state index contributed by atoms with van der Waals surface area (Å²) in [6, 6.07) is 11.7. The highest BCUT2D eigenvalue weighted by atomic mass is 16.2. The van der Waals surface area contributed by atoms with E-state index >= 15 is 0 Å². The van der Waals surface area contributed by atoms with Gasteiger partial charge in [0.1, 0.15) is 0 Å². The summed E-state index contributed by atoms with van der Waals surface area (Å²) >= 11 is 0. The lowest BCUT2D eigenvalue weighted by Gasteiger charge is -2.32. The van der Waals surface area contributed by atoms with E-state index in [1.54, 1.807) is 6.20 Å². The minimum absolute atomic E-state index is 0.0120. The third kappa shape index (κ3) is 5.40. The molecule has 0 bridgehead atoms. The van der Waals surface area contributed by atoms with Gasteiger partial charge >= 0.3 is 0 Å². The molecule has 0 aliphatic carbocycles. The minimum Gasteiger partial charge on any atom is -0.383 e. The summed E-state index contributed by atoms with van der Waals surface area (Å²) < 4.78 is 0. The first kappa shape index (κ1) is 23.4. The molecule has 1 aliphatic heterocycles. The number of aryl methyl sites for hydroxylation is 1. The molecule has 1 amide bonds. The van der Waals surface area contributed by atoms with Crippen LogP contribution in [0.2, 0.25) is 0 Å². The highest BCUT2D eigenvalue weighted by Crippen LogP contribution is 2.25. The Hall–Kier alpha value is -3.78. The van der Waals surface area contributed by atoms with Crippen LogP contribution in [0.15, 0.2) is 48.8 Å². The van der Waals surface area contributed by atoms with E-state index in [9.17, 15) is 4.79 Å². The zero-order valence-electron chi connectivity index (χ0n) is 20.2. The Bertz CT molecular complexity index is 1240. The van der Waals surface area contributed by atoms with Crippen molar-refractivity contribution < 1.29 is 4.79 Å². The van der Waals surface area contributed by atoms with Crippen LogP contribution in [-0.4, -0.2) is 84.1 Å². The number of carbonyl (C=O) groups is 1. The van der Waals surface area contributed by atoms with Crippen LogP contribution in [0.5, 0.6) is 0 Å². The summed E-state index contributed by atoms with van der Waals surface area (Å²) in [5, 5.41) is 12.2. The Labute approximate surface area is 200 Å². The van der Waals surface area contributed by atoms with Crippen molar-refractivity contribution in [2.24, 2.45) is 0 Å². The fourth-order valence-electron chi connectivity index (χ4n) is 4.00. The SMILES string of the molecule is Cc1ccc2nc(Nc3cc(C(=O)N4CCN(C)CC4)cc(/C(C=N)=C/N(C)C)c3)ncc2c1. The van der Waals surface area contributed by atoms with Gasteiger partial charge in [0.25, 0.3) is 5.91 Å². The topological polar surface area (TPSA) is 88.5 Å². The Morgan fingerprint density at radius 1 is 1.09 bits per heavy atom. The number of anilines is 2. The molecule has 3 aromatic rings. The Kier molecular flexibility index (Phi) is 6.88. The van der Waals surface area contributed by atoms with Crippen molar-refractivity contribution in [1.82, 2.24) is 24.7 Å². The van der Waals surface area contributed by atoms with Crippen molar-refractivity contribution in [2.75, 3.05) is 52.6 Å². The number of benzene rings is 2. The first-order chi connectivity index (χ1) is 16.3. The van der Waals surface area contributed by atoms with E-state index in [0.29, 0.717) is 35.9 Å². The number of hydrogen-bond donors (Lipinski definition) is 2. The summed E-state index contributed by atoms with van der Waals surface area (Å²) in [5.74, 6) is 0.446. The summed E-state index contributed by atoms with van der Waals surface area (Å²) in [7, 11) is 5.89. The molecule has 34 heavy (non-hydrogen) atoms. The van der Waals surface area contributed by atoms with E-state index in [2.05, 4.69) is 33.3 Å². The Morgan fingerprint density at radius 2 is 1.82 bits per heavy atom. The van der Waals surface area contributed by atoms with Gasteiger partial charge in [0, 0.05) is 81.1 Å². The number of nitrogens with zero attached hydrogens (tertiary/aromatic N) is 5. The van der Waals surface area contributed by atoms with Crippen LogP contribution in [-0.2, 0) is 0 Å². The number of hydrogen-bond acceptors (Lipinski definition) is 7. The molecule has 1 saturated heterocycles. The number of nitrogens with one attached hydrogen (secondary N) is 2. The first-order valence-corrected chi connectivity index (χ1v) is 11.3. The van der Waals surface area contributed by atoms with Crippen LogP contribution in [0.3, 0.4) is 0 Å². The van der Waals surface area contributed by atoms with Crippen LogP contribution >= 0.6 is 0 Å². The summed E-state index contributed by atoms with van der Waals surface area (Å²) in [6.07, 6.45) is 4.97. The predicted octanol–water partition coefficient (Wildman–Crippen LogP) is 3.62. The highest BCUT2D eigenvalue weighted by Gasteiger charge is 2.21. The van der Waals surface area contributed by atoms with E-state index in [-0.39, 0.29) is 5.91 Å². The maximum atomic E-state index is 13.4. The molecule has 176 valence electrons. The molecular weight excluding hydrogens is 426 g/mol. The number of aromatic nitrogens is 2. The largest absolute Gasteiger partial charge is 0.383 e. The molecular formula is C26H31N7O. The predicted molar refractivity (Wildman–Crippen MR) is 138 cm³/mol. The van der Waals surface area contributed by atoms with Gasteiger partial charge in [0.2, 0.25) is 5.95 Å². The first-order valence-electron chi connectivity index (χ1n) is 11.3. The maximum absolute atomic E-state index is 13.4. The van der Waals surface area contributed by atoms with Crippen LogP contribution in [0.4, 0.5) is 11.6 Å².